The molecule has 0 aliphatic rings. The van der Waals surface area contributed by atoms with Crippen molar-refractivity contribution in [2.45, 2.75) is 90.4 Å². The van der Waals surface area contributed by atoms with Gasteiger partial charge in [0.15, 0.2) is 5.69 Å². The van der Waals surface area contributed by atoms with Crippen molar-refractivity contribution in [2.75, 3.05) is 11.9 Å². The van der Waals surface area contributed by atoms with Gasteiger partial charge in [0.2, 0.25) is 5.88 Å². The van der Waals surface area contributed by atoms with Crippen LogP contribution in [0.15, 0.2) is 49.1 Å². The zero-order chi connectivity index (χ0) is 33.6. The topological polar surface area (TPSA) is 148 Å². The molecule has 4 N–H and O–H groups in total. The molecule has 0 bridgehead atoms. The summed E-state index contributed by atoms with van der Waals surface area (Å²) >= 11 is 0. The molecule has 248 valence electrons. The van der Waals surface area contributed by atoms with E-state index in [0.29, 0.717) is 18.9 Å². The molecular formula is C31H41F3N4O7. The SMILES string of the molecule is C=CCOc1nc(C(=O)NNC(=O)C(CCCCCC(C)O)OCc2ccccc2)c(NC(=O)OC(C)(C)C)cc1C(F)(F)F. The highest BCUT2D eigenvalue weighted by atomic mass is 19.4. The Morgan fingerprint density at radius 2 is 1.71 bits per heavy atom. The van der Waals surface area contributed by atoms with E-state index in [0.717, 1.165) is 18.4 Å². The van der Waals surface area contributed by atoms with Gasteiger partial charge in [0.05, 0.1) is 18.4 Å². The molecule has 0 spiro atoms. The van der Waals surface area contributed by atoms with Gasteiger partial charge >= 0.3 is 12.3 Å². The minimum Gasteiger partial charge on any atom is -0.473 e. The number of alkyl halides is 3. The second-order valence-corrected chi connectivity index (χ2v) is 11.2. The molecule has 45 heavy (non-hydrogen) atoms. The van der Waals surface area contributed by atoms with E-state index in [1.165, 1.54) is 6.08 Å². The summed E-state index contributed by atoms with van der Waals surface area (Å²) in [5.74, 6) is -2.80. The molecule has 3 amide bonds. The van der Waals surface area contributed by atoms with Crippen molar-refractivity contribution in [3.63, 3.8) is 0 Å². The normalized spacial score (nSPS) is 12.9. The minimum atomic E-state index is -4.96. The van der Waals surface area contributed by atoms with Gasteiger partial charge in [-0.25, -0.2) is 9.78 Å². The Hall–Kier alpha value is -4.17. The van der Waals surface area contributed by atoms with Crippen LogP contribution in [0.25, 0.3) is 0 Å². The summed E-state index contributed by atoms with van der Waals surface area (Å²) in [5, 5.41) is 11.6. The number of aromatic nitrogens is 1. The van der Waals surface area contributed by atoms with E-state index in [2.05, 4.69) is 27.7 Å². The first-order chi connectivity index (χ1) is 21.1. The lowest BCUT2D eigenvalue weighted by Gasteiger charge is -2.22. The van der Waals surface area contributed by atoms with Crippen molar-refractivity contribution < 1.29 is 46.9 Å². The van der Waals surface area contributed by atoms with Gasteiger partial charge in [0.25, 0.3) is 11.8 Å². The molecule has 1 aromatic heterocycles. The van der Waals surface area contributed by atoms with Crippen molar-refractivity contribution in [3.8, 4) is 5.88 Å². The summed E-state index contributed by atoms with van der Waals surface area (Å²) in [7, 11) is 0. The lowest BCUT2D eigenvalue weighted by atomic mass is 10.1. The number of amides is 3. The maximum absolute atomic E-state index is 13.9. The lowest BCUT2D eigenvalue weighted by molar-refractivity contribution is -0.139. The second kappa shape index (κ2) is 17.4. The predicted octanol–water partition coefficient (Wildman–Crippen LogP) is 5.69. The molecule has 0 fully saturated rings. The van der Waals surface area contributed by atoms with Gasteiger partial charge in [-0.1, -0.05) is 62.2 Å². The Morgan fingerprint density at radius 1 is 1.04 bits per heavy atom. The zero-order valence-electron chi connectivity index (χ0n) is 25.8. The van der Waals surface area contributed by atoms with E-state index in [9.17, 15) is 32.7 Å². The number of nitrogens with zero attached hydrogens (tertiary/aromatic N) is 1. The molecule has 1 heterocycles. The smallest absolute Gasteiger partial charge is 0.421 e. The van der Waals surface area contributed by atoms with Crippen molar-refractivity contribution in [1.29, 1.82) is 0 Å². The Balaban J connectivity index is 2.28. The molecule has 11 nitrogen and oxygen atoms in total. The standard InChI is InChI=1S/C31H41F3N4O7/c1-6-17-43-28-22(31(32,33)34)18-23(35-29(42)45-30(3,4)5)25(36-28)27(41)38-37-26(40)24(16-12-7-9-13-20(2)39)44-19-21-14-10-8-11-15-21/h6,8,10-11,14-15,18,20,24,39H,1,7,9,12-13,16-17,19H2,2-5H3,(H,35,42)(H,37,40)(H,38,41). The fourth-order valence-electron chi connectivity index (χ4n) is 3.89. The zero-order valence-corrected chi connectivity index (χ0v) is 25.8. The number of hydrazine groups is 1. The first-order valence-corrected chi connectivity index (χ1v) is 14.4. The highest BCUT2D eigenvalue weighted by Crippen LogP contribution is 2.38. The van der Waals surface area contributed by atoms with E-state index in [-0.39, 0.29) is 19.6 Å². The third-order valence-corrected chi connectivity index (χ3v) is 5.96. The molecule has 1 aromatic carbocycles. The number of benzene rings is 1. The molecular weight excluding hydrogens is 597 g/mol. The molecule has 14 heteroatoms. The van der Waals surface area contributed by atoms with Gasteiger partial charge in [-0.2, -0.15) is 13.2 Å². The van der Waals surface area contributed by atoms with Crippen LogP contribution < -0.4 is 20.9 Å². The molecule has 0 saturated carbocycles. The monoisotopic (exact) mass is 638 g/mol. The van der Waals surface area contributed by atoms with Gasteiger partial charge in [-0.15, -0.1) is 0 Å². The van der Waals surface area contributed by atoms with E-state index < -0.39 is 64.7 Å². The van der Waals surface area contributed by atoms with Crippen LogP contribution in [0, 0.1) is 0 Å². The Kier molecular flexibility index (Phi) is 14.3. The van der Waals surface area contributed by atoms with E-state index in [4.69, 9.17) is 14.2 Å². The molecule has 2 atom stereocenters. The van der Waals surface area contributed by atoms with Crippen LogP contribution in [0.2, 0.25) is 0 Å². The first kappa shape index (κ1) is 37.0. The predicted molar refractivity (Wildman–Crippen MR) is 160 cm³/mol. The number of aliphatic hydroxyl groups is 1. The highest BCUT2D eigenvalue weighted by molar-refractivity contribution is 6.02. The number of ether oxygens (including phenoxy) is 3. The van der Waals surface area contributed by atoms with Crippen molar-refractivity contribution in [1.82, 2.24) is 15.8 Å². The fourth-order valence-corrected chi connectivity index (χ4v) is 3.89. The summed E-state index contributed by atoms with van der Waals surface area (Å²) in [4.78, 5) is 42.5. The molecule has 0 aliphatic carbocycles. The van der Waals surface area contributed by atoms with Crippen LogP contribution in [-0.4, -0.2) is 52.4 Å². The number of aliphatic hydroxyl groups excluding tert-OH is 1. The minimum absolute atomic E-state index is 0.106. The van der Waals surface area contributed by atoms with E-state index in [1.807, 2.05) is 30.3 Å². The number of rotatable bonds is 15. The van der Waals surface area contributed by atoms with Crippen LogP contribution in [0.5, 0.6) is 5.88 Å². The quantitative estimate of drug-likeness (QED) is 0.111. The van der Waals surface area contributed by atoms with Crippen molar-refractivity contribution in [3.05, 3.63) is 65.9 Å². The Morgan fingerprint density at radius 3 is 2.31 bits per heavy atom. The number of anilines is 1. The van der Waals surface area contributed by atoms with Gasteiger partial charge in [-0.05, 0) is 52.2 Å². The van der Waals surface area contributed by atoms with E-state index >= 15 is 0 Å². The van der Waals surface area contributed by atoms with Crippen LogP contribution >= 0.6 is 0 Å². The number of hydrogen-bond donors (Lipinski definition) is 4. The highest BCUT2D eigenvalue weighted by Gasteiger charge is 2.38. The average molecular weight is 639 g/mol. The average Bonchev–Trinajstić information content (AvgIpc) is 2.95. The molecule has 2 aromatic rings. The lowest BCUT2D eigenvalue weighted by Crippen LogP contribution is -2.47. The number of carbonyl (C=O) groups is 3. The number of pyridine rings is 1. The number of halogens is 3. The Bertz CT molecular complexity index is 1280. The Labute approximate surface area is 260 Å². The van der Waals surface area contributed by atoms with Crippen LogP contribution in [0.1, 0.15) is 81.4 Å². The van der Waals surface area contributed by atoms with E-state index in [1.54, 1.807) is 27.7 Å². The van der Waals surface area contributed by atoms with Gasteiger partial charge in [-0.3, -0.25) is 25.8 Å². The number of hydrogen-bond acceptors (Lipinski definition) is 8. The maximum atomic E-state index is 13.9. The number of nitrogens with one attached hydrogen (secondary N) is 3. The summed E-state index contributed by atoms with van der Waals surface area (Å²) in [6.45, 7) is 9.48. The molecule has 0 radical (unpaired) electrons. The van der Waals surface area contributed by atoms with Crippen LogP contribution in [-0.2, 0) is 27.1 Å². The van der Waals surface area contributed by atoms with Crippen LogP contribution in [0.4, 0.5) is 23.7 Å². The summed E-state index contributed by atoms with van der Waals surface area (Å²) in [5.41, 5.74) is 1.50. The van der Waals surface area contributed by atoms with Crippen molar-refractivity contribution >= 4 is 23.6 Å². The second-order valence-electron chi connectivity index (χ2n) is 11.2. The fraction of sp³-hybridized carbons (Fsp3) is 0.484. The largest absolute Gasteiger partial charge is 0.473 e. The maximum Gasteiger partial charge on any atom is 0.421 e. The van der Waals surface area contributed by atoms with Gasteiger partial charge in [0.1, 0.15) is 23.9 Å². The molecule has 2 rings (SSSR count). The summed E-state index contributed by atoms with van der Waals surface area (Å²) < 4.78 is 57.6. The number of unbranched alkanes of at least 4 members (excludes halogenated alkanes) is 2. The van der Waals surface area contributed by atoms with Gasteiger partial charge in [0, 0.05) is 0 Å². The third-order valence-electron chi connectivity index (χ3n) is 5.96. The number of carbonyl (C=O) groups excluding carboxylic acids is 3. The molecule has 0 saturated heterocycles. The van der Waals surface area contributed by atoms with Crippen molar-refractivity contribution in [2.24, 2.45) is 0 Å². The molecule has 0 aliphatic heterocycles. The first-order valence-electron chi connectivity index (χ1n) is 14.4. The third kappa shape index (κ3) is 13.6. The van der Waals surface area contributed by atoms with Gasteiger partial charge < -0.3 is 19.3 Å². The summed E-state index contributed by atoms with van der Waals surface area (Å²) in [6.07, 6.45) is -3.41. The summed E-state index contributed by atoms with van der Waals surface area (Å²) in [6, 6.07) is 9.60. The molecule has 2 unspecified atom stereocenters. The van der Waals surface area contributed by atoms with Crippen LogP contribution in [0.3, 0.4) is 0 Å².